The quantitative estimate of drug-likeness (QED) is 0.809. The lowest BCUT2D eigenvalue weighted by atomic mass is 10.1. The van der Waals surface area contributed by atoms with Crippen LogP contribution in [-0.2, 0) is 10.0 Å². The van der Waals surface area contributed by atoms with Crippen LogP contribution < -0.4 is 9.46 Å². The molecule has 2 aromatic rings. The van der Waals surface area contributed by atoms with Crippen molar-refractivity contribution in [2.45, 2.75) is 17.4 Å². The molecule has 1 atom stereocenters. The number of halogens is 3. The first-order valence-corrected chi connectivity index (χ1v) is 8.54. The van der Waals surface area contributed by atoms with Crippen LogP contribution in [0.4, 0.5) is 8.78 Å². The average Bonchev–Trinajstić information content (AvgIpc) is 2.55. The zero-order valence-corrected chi connectivity index (χ0v) is 14.0. The van der Waals surface area contributed by atoms with Gasteiger partial charge in [-0.1, -0.05) is 29.8 Å². The highest BCUT2D eigenvalue weighted by atomic mass is 35.5. The zero-order valence-electron chi connectivity index (χ0n) is 12.4. The van der Waals surface area contributed by atoms with Gasteiger partial charge in [-0.25, -0.2) is 17.2 Å². The van der Waals surface area contributed by atoms with Crippen LogP contribution in [0.2, 0.25) is 5.02 Å². The number of hydrogen-bond acceptors (Lipinski definition) is 4. The van der Waals surface area contributed by atoms with Crippen LogP contribution in [0.3, 0.4) is 0 Å². The summed E-state index contributed by atoms with van der Waals surface area (Å²) in [5.74, 6) is -0.253. The van der Waals surface area contributed by atoms with Gasteiger partial charge in [0.2, 0.25) is 10.0 Å². The topological polar surface area (TPSA) is 75.6 Å². The van der Waals surface area contributed by atoms with Crippen molar-refractivity contribution < 1.29 is 27.0 Å². The number of phenolic OH excluding ortho intramolecular Hbond substituents is 1. The Labute approximate surface area is 142 Å². The summed E-state index contributed by atoms with van der Waals surface area (Å²) in [6.07, 6.45) is -3.01. The molecule has 0 aliphatic heterocycles. The molecule has 0 heterocycles. The number of phenols is 1. The second kappa shape index (κ2) is 7.33. The number of para-hydroxylation sites is 1. The smallest absolute Gasteiger partial charge is 0.258 e. The van der Waals surface area contributed by atoms with E-state index < -0.39 is 33.1 Å². The molecular formula is C15H14ClF2NO4S. The predicted molar refractivity (Wildman–Crippen MR) is 85.2 cm³/mol. The van der Waals surface area contributed by atoms with Gasteiger partial charge in [-0.15, -0.1) is 0 Å². The molecule has 0 radical (unpaired) electrons. The van der Waals surface area contributed by atoms with Gasteiger partial charge in [-0.2, -0.15) is 4.72 Å². The third kappa shape index (κ3) is 3.95. The largest absolute Gasteiger partial charge is 0.505 e. The van der Waals surface area contributed by atoms with E-state index in [9.17, 15) is 22.3 Å². The summed E-state index contributed by atoms with van der Waals surface area (Å²) in [6, 6.07) is 7.39. The van der Waals surface area contributed by atoms with E-state index in [0.717, 1.165) is 6.07 Å². The third-order valence-corrected chi connectivity index (χ3v) is 5.03. The summed E-state index contributed by atoms with van der Waals surface area (Å²) in [4.78, 5) is -0.575. The van der Waals surface area contributed by atoms with Crippen molar-refractivity contribution >= 4 is 21.6 Å². The van der Waals surface area contributed by atoms with Gasteiger partial charge in [0.15, 0.2) is 5.75 Å². The van der Waals surface area contributed by atoms with Crippen LogP contribution in [0.25, 0.3) is 0 Å². The maximum absolute atomic E-state index is 13.3. The van der Waals surface area contributed by atoms with Crippen molar-refractivity contribution in [3.8, 4) is 11.5 Å². The van der Waals surface area contributed by atoms with Crippen molar-refractivity contribution in [2.24, 2.45) is 0 Å². The van der Waals surface area contributed by atoms with Crippen LogP contribution in [0.5, 0.6) is 11.5 Å². The van der Waals surface area contributed by atoms with Crippen LogP contribution >= 0.6 is 11.6 Å². The van der Waals surface area contributed by atoms with Crippen LogP contribution in [0.15, 0.2) is 47.4 Å². The van der Waals surface area contributed by atoms with Crippen molar-refractivity contribution in [3.63, 3.8) is 0 Å². The lowest BCUT2D eigenvalue weighted by Gasteiger charge is -2.19. The van der Waals surface area contributed by atoms with Crippen LogP contribution in [0, 0.1) is 0 Å². The zero-order chi connectivity index (χ0) is 17.9. The fraction of sp³-hybridized carbons (Fsp3) is 0.200. The van der Waals surface area contributed by atoms with E-state index in [2.05, 4.69) is 0 Å². The first-order valence-electron chi connectivity index (χ1n) is 6.68. The highest BCUT2D eigenvalue weighted by Crippen LogP contribution is 2.32. The minimum Gasteiger partial charge on any atom is -0.505 e. The molecule has 1 unspecified atom stereocenters. The highest BCUT2D eigenvalue weighted by molar-refractivity contribution is 7.89. The Morgan fingerprint density at radius 3 is 2.33 bits per heavy atom. The van der Waals surface area contributed by atoms with E-state index in [1.54, 1.807) is 0 Å². The number of hydrogen-bond donors (Lipinski definition) is 2. The molecule has 0 aliphatic rings. The standard InChI is InChI=1S/C15H14ClF2NO4S/c1-23-10-7-5-9(6-8-10)13(15(17)18)19-24(21,22)12-4-2-3-11(16)14(12)20/h2-8,13,15,19-20H,1H3. The minimum absolute atomic E-state index is 0.0518. The number of rotatable bonds is 6. The summed E-state index contributed by atoms with van der Waals surface area (Å²) < 4.78 is 58.2. The van der Waals surface area contributed by atoms with E-state index >= 15 is 0 Å². The third-order valence-electron chi connectivity index (χ3n) is 3.25. The number of sulfonamides is 1. The molecule has 24 heavy (non-hydrogen) atoms. The minimum atomic E-state index is -4.42. The van der Waals surface area contributed by atoms with E-state index in [4.69, 9.17) is 16.3 Å². The maximum Gasteiger partial charge on any atom is 0.258 e. The molecule has 0 saturated carbocycles. The molecule has 0 spiro atoms. The molecule has 2 aromatic carbocycles. The fourth-order valence-corrected chi connectivity index (χ4v) is 3.57. The number of alkyl halides is 2. The molecule has 0 aromatic heterocycles. The summed E-state index contributed by atoms with van der Waals surface area (Å²) in [5, 5.41) is 9.57. The van der Waals surface area contributed by atoms with E-state index in [0.29, 0.717) is 5.75 Å². The van der Waals surface area contributed by atoms with Crippen molar-refractivity contribution in [2.75, 3.05) is 7.11 Å². The Hall–Kier alpha value is -1.90. The number of ether oxygens (including phenoxy) is 1. The van der Waals surface area contributed by atoms with Gasteiger partial charge in [0.25, 0.3) is 6.43 Å². The van der Waals surface area contributed by atoms with E-state index in [-0.39, 0.29) is 10.6 Å². The lowest BCUT2D eigenvalue weighted by molar-refractivity contribution is 0.109. The molecule has 9 heteroatoms. The fourth-order valence-electron chi connectivity index (χ4n) is 2.02. The van der Waals surface area contributed by atoms with Crippen molar-refractivity contribution in [1.82, 2.24) is 4.72 Å². The SMILES string of the molecule is COc1ccc(C(NS(=O)(=O)c2cccc(Cl)c2O)C(F)F)cc1. The van der Waals surface area contributed by atoms with Crippen LogP contribution in [0.1, 0.15) is 11.6 Å². The molecule has 0 saturated heterocycles. The number of nitrogens with one attached hydrogen (secondary N) is 1. The monoisotopic (exact) mass is 377 g/mol. The predicted octanol–water partition coefficient (Wildman–Crippen LogP) is 3.34. The normalized spacial score (nSPS) is 13.0. The summed E-state index contributed by atoms with van der Waals surface area (Å²) in [5.41, 5.74) is 0.0518. The Balaban J connectivity index is 2.37. The molecule has 0 aliphatic carbocycles. The summed E-state index contributed by atoms with van der Waals surface area (Å²) >= 11 is 5.67. The van der Waals surface area contributed by atoms with E-state index in [1.165, 1.54) is 43.5 Å². The molecule has 0 amide bonds. The van der Waals surface area contributed by atoms with Crippen LogP contribution in [-0.4, -0.2) is 27.1 Å². The van der Waals surface area contributed by atoms with Gasteiger partial charge in [-0.05, 0) is 29.8 Å². The molecule has 5 nitrogen and oxygen atoms in total. The van der Waals surface area contributed by atoms with Gasteiger partial charge in [-0.3, -0.25) is 0 Å². The van der Waals surface area contributed by atoms with E-state index in [1.807, 2.05) is 4.72 Å². The number of benzene rings is 2. The van der Waals surface area contributed by atoms with Gasteiger partial charge in [0.05, 0.1) is 12.1 Å². The Kier molecular flexibility index (Phi) is 5.63. The van der Waals surface area contributed by atoms with Gasteiger partial charge >= 0.3 is 0 Å². The van der Waals surface area contributed by atoms with Gasteiger partial charge < -0.3 is 9.84 Å². The highest BCUT2D eigenvalue weighted by Gasteiger charge is 2.30. The Morgan fingerprint density at radius 1 is 1.17 bits per heavy atom. The first-order chi connectivity index (χ1) is 11.3. The second-order valence-electron chi connectivity index (χ2n) is 4.79. The second-order valence-corrected chi connectivity index (χ2v) is 6.88. The summed E-state index contributed by atoms with van der Waals surface area (Å²) in [7, 11) is -3.00. The maximum atomic E-state index is 13.3. The Morgan fingerprint density at radius 2 is 1.79 bits per heavy atom. The molecule has 2 rings (SSSR count). The van der Waals surface area contributed by atoms with Crippen molar-refractivity contribution in [3.05, 3.63) is 53.1 Å². The molecular weight excluding hydrogens is 364 g/mol. The first kappa shape index (κ1) is 18.4. The molecule has 130 valence electrons. The van der Waals surface area contributed by atoms with Gasteiger partial charge in [0, 0.05) is 0 Å². The Bertz CT molecular complexity index is 813. The molecule has 0 fully saturated rings. The van der Waals surface area contributed by atoms with Crippen molar-refractivity contribution in [1.29, 1.82) is 0 Å². The van der Waals surface area contributed by atoms with Gasteiger partial charge in [0.1, 0.15) is 16.7 Å². The lowest BCUT2D eigenvalue weighted by Crippen LogP contribution is -2.33. The molecule has 0 bridgehead atoms. The number of aromatic hydroxyl groups is 1. The summed E-state index contributed by atoms with van der Waals surface area (Å²) in [6.45, 7) is 0. The average molecular weight is 378 g/mol. The number of methoxy groups -OCH3 is 1. The molecule has 2 N–H and O–H groups in total.